The van der Waals surface area contributed by atoms with Crippen molar-refractivity contribution in [2.24, 2.45) is 0 Å². The molecular formula is C24H23F3N4O. The minimum atomic E-state index is -4.37. The molecule has 0 saturated carbocycles. The quantitative estimate of drug-likeness (QED) is 0.609. The smallest absolute Gasteiger partial charge is 0.368 e. The highest BCUT2D eigenvalue weighted by atomic mass is 19.4. The van der Waals surface area contributed by atoms with E-state index in [-0.39, 0.29) is 5.91 Å². The van der Waals surface area contributed by atoms with Gasteiger partial charge in [-0.2, -0.15) is 18.3 Å². The van der Waals surface area contributed by atoms with Gasteiger partial charge < -0.3 is 9.80 Å². The zero-order chi connectivity index (χ0) is 22.3. The maximum Gasteiger partial charge on any atom is 0.416 e. The third kappa shape index (κ3) is 3.74. The van der Waals surface area contributed by atoms with Crippen LogP contribution in [0, 0.1) is 0 Å². The van der Waals surface area contributed by atoms with Crippen LogP contribution in [0.3, 0.4) is 0 Å². The lowest BCUT2D eigenvalue weighted by atomic mass is 10.1. The molecule has 8 heteroatoms. The summed E-state index contributed by atoms with van der Waals surface area (Å²) in [5.74, 6) is -0.0958. The number of rotatable bonds is 3. The lowest BCUT2D eigenvalue weighted by Gasteiger charge is -2.36. The molecule has 5 rings (SSSR count). The third-order valence-electron chi connectivity index (χ3n) is 6.24. The highest BCUT2D eigenvalue weighted by Crippen LogP contribution is 2.32. The number of benzene rings is 2. The van der Waals surface area contributed by atoms with Crippen molar-refractivity contribution < 1.29 is 18.0 Å². The highest BCUT2D eigenvalue weighted by Gasteiger charge is 2.33. The van der Waals surface area contributed by atoms with Gasteiger partial charge >= 0.3 is 6.18 Å². The molecule has 166 valence electrons. The van der Waals surface area contributed by atoms with Gasteiger partial charge in [0.1, 0.15) is 0 Å². The van der Waals surface area contributed by atoms with E-state index in [0.717, 1.165) is 42.3 Å². The summed E-state index contributed by atoms with van der Waals surface area (Å²) in [7, 11) is 0. The van der Waals surface area contributed by atoms with E-state index in [1.165, 1.54) is 12.1 Å². The molecule has 0 N–H and O–H groups in total. The molecule has 2 heterocycles. The molecular weight excluding hydrogens is 417 g/mol. The number of aromatic nitrogens is 2. The second-order valence-electron chi connectivity index (χ2n) is 8.20. The van der Waals surface area contributed by atoms with Gasteiger partial charge in [-0.1, -0.05) is 24.3 Å². The molecule has 1 aromatic heterocycles. The summed E-state index contributed by atoms with van der Waals surface area (Å²) in [5.41, 5.74) is 3.45. The number of halogens is 3. The first kappa shape index (κ1) is 20.6. The van der Waals surface area contributed by atoms with Crippen LogP contribution in [0.2, 0.25) is 0 Å². The van der Waals surface area contributed by atoms with E-state index >= 15 is 0 Å². The molecule has 2 aromatic carbocycles. The molecule has 0 spiro atoms. The summed E-state index contributed by atoms with van der Waals surface area (Å²) in [6, 6.07) is 15.2. The van der Waals surface area contributed by atoms with Gasteiger partial charge in [-0.25, -0.2) is 4.68 Å². The van der Waals surface area contributed by atoms with Crippen molar-refractivity contribution in [2.45, 2.75) is 25.4 Å². The molecule has 1 fully saturated rings. The number of fused-ring (bicyclic) bond motifs is 1. The van der Waals surface area contributed by atoms with Crippen molar-refractivity contribution in [1.82, 2.24) is 14.7 Å². The van der Waals surface area contributed by atoms with Gasteiger partial charge in [0.15, 0.2) is 5.69 Å². The Balaban J connectivity index is 1.33. The molecule has 3 aromatic rings. The maximum absolute atomic E-state index is 13.3. The number of hydrogen-bond donors (Lipinski definition) is 0. The zero-order valence-electron chi connectivity index (χ0n) is 17.5. The number of hydrogen-bond acceptors (Lipinski definition) is 3. The summed E-state index contributed by atoms with van der Waals surface area (Å²) < 4.78 is 41.0. The molecule has 1 aliphatic carbocycles. The average molecular weight is 440 g/mol. The number of piperazine rings is 1. The molecule has 0 radical (unpaired) electrons. The predicted octanol–water partition coefficient (Wildman–Crippen LogP) is 4.34. The number of alkyl halides is 3. The molecule has 1 saturated heterocycles. The Bertz CT molecular complexity index is 1130. The molecule has 1 aliphatic heterocycles. The van der Waals surface area contributed by atoms with Gasteiger partial charge in [-0.15, -0.1) is 0 Å². The van der Waals surface area contributed by atoms with Crippen LogP contribution in [-0.4, -0.2) is 46.8 Å². The van der Waals surface area contributed by atoms with E-state index in [2.05, 4.69) is 5.10 Å². The van der Waals surface area contributed by atoms with Crippen molar-refractivity contribution in [3.05, 3.63) is 77.1 Å². The van der Waals surface area contributed by atoms with Crippen LogP contribution in [0.4, 0.5) is 18.9 Å². The molecule has 0 bridgehead atoms. The zero-order valence-corrected chi connectivity index (χ0v) is 17.5. The van der Waals surface area contributed by atoms with Crippen LogP contribution in [0.15, 0.2) is 54.6 Å². The van der Waals surface area contributed by atoms with Crippen LogP contribution in [0.1, 0.15) is 33.7 Å². The van der Waals surface area contributed by atoms with Gasteiger partial charge in [0.25, 0.3) is 5.91 Å². The van der Waals surface area contributed by atoms with Crippen LogP contribution in [-0.2, 0) is 19.0 Å². The SMILES string of the molecule is O=C(c1nn(-c2ccccc2)c2c1CCC2)N1CCN(c2cccc(C(F)(F)F)c2)CC1. The maximum atomic E-state index is 13.3. The Kier molecular flexibility index (Phi) is 5.15. The van der Waals surface area contributed by atoms with Crippen molar-refractivity contribution in [3.63, 3.8) is 0 Å². The van der Waals surface area contributed by atoms with Gasteiger partial charge in [-0.05, 0) is 49.6 Å². The number of amides is 1. The molecule has 0 unspecified atom stereocenters. The van der Waals surface area contributed by atoms with Gasteiger partial charge in [-0.3, -0.25) is 4.79 Å². The number of nitrogens with zero attached hydrogens (tertiary/aromatic N) is 4. The Hall–Kier alpha value is -3.29. The monoisotopic (exact) mass is 440 g/mol. The second-order valence-corrected chi connectivity index (χ2v) is 8.20. The van der Waals surface area contributed by atoms with E-state index in [9.17, 15) is 18.0 Å². The van der Waals surface area contributed by atoms with Gasteiger partial charge in [0, 0.05) is 43.1 Å². The van der Waals surface area contributed by atoms with Crippen LogP contribution >= 0.6 is 0 Å². The first-order valence-electron chi connectivity index (χ1n) is 10.8. The van der Waals surface area contributed by atoms with Crippen LogP contribution in [0.5, 0.6) is 0 Å². The largest absolute Gasteiger partial charge is 0.416 e. The molecule has 32 heavy (non-hydrogen) atoms. The molecule has 0 atom stereocenters. The Labute approximate surface area is 184 Å². The number of carbonyl (C=O) groups is 1. The summed E-state index contributed by atoms with van der Waals surface area (Å²) in [4.78, 5) is 17.0. The fourth-order valence-corrected chi connectivity index (χ4v) is 4.59. The van der Waals surface area contributed by atoms with Crippen molar-refractivity contribution in [2.75, 3.05) is 31.1 Å². The fraction of sp³-hybridized carbons (Fsp3) is 0.333. The highest BCUT2D eigenvalue weighted by molar-refractivity contribution is 5.94. The summed E-state index contributed by atoms with van der Waals surface area (Å²) >= 11 is 0. The van der Waals surface area contributed by atoms with E-state index < -0.39 is 11.7 Å². The number of carbonyl (C=O) groups excluding carboxylic acids is 1. The second kappa shape index (κ2) is 8.00. The van der Waals surface area contributed by atoms with E-state index in [0.29, 0.717) is 37.6 Å². The van der Waals surface area contributed by atoms with Crippen molar-refractivity contribution in [1.29, 1.82) is 0 Å². The normalized spacial score (nSPS) is 16.3. The standard InChI is InChI=1S/C24H23F3N4O/c25-24(26,27)17-6-4-9-19(16-17)29-12-14-30(15-13-29)23(32)22-20-10-5-11-21(20)31(28-22)18-7-2-1-3-8-18/h1-4,6-9,16H,5,10-15H2. The lowest BCUT2D eigenvalue weighted by molar-refractivity contribution is -0.137. The van der Waals surface area contributed by atoms with Crippen LogP contribution < -0.4 is 4.90 Å². The average Bonchev–Trinajstić information content (AvgIpc) is 3.42. The van der Waals surface area contributed by atoms with Crippen molar-refractivity contribution in [3.8, 4) is 5.69 Å². The molecule has 1 amide bonds. The summed E-state index contributed by atoms with van der Waals surface area (Å²) in [6.45, 7) is 1.85. The van der Waals surface area contributed by atoms with Gasteiger partial charge in [0.2, 0.25) is 0 Å². The Morgan fingerprint density at radius 1 is 0.875 bits per heavy atom. The van der Waals surface area contributed by atoms with E-state index in [1.807, 2.05) is 39.9 Å². The first-order chi connectivity index (χ1) is 15.4. The van der Waals surface area contributed by atoms with E-state index in [1.54, 1.807) is 11.0 Å². The van der Waals surface area contributed by atoms with Crippen molar-refractivity contribution >= 4 is 11.6 Å². The lowest BCUT2D eigenvalue weighted by Crippen LogP contribution is -2.49. The minimum absolute atomic E-state index is 0.0958. The summed E-state index contributed by atoms with van der Waals surface area (Å²) in [5, 5.41) is 4.68. The molecule has 5 nitrogen and oxygen atoms in total. The summed E-state index contributed by atoms with van der Waals surface area (Å²) in [6.07, 6.45) is -1.63. The number of para-hydroxylation sites is 1. The Morgan fingerprint density at radius 2 is 1.59 bits per heavy atom. The number of anilines is 1. The predicted molar refractivity (Wildman–Crippen MR) is 115 cm³/mol. The fourth-order valence-electron chi connectivity index (χ4n) is 4.59. The minimum Gasteiger partial charge on any atom is -0.368 e. The first-order valence-corrected chi connectivity index (χ1v) is 10.8. The molecule has 2 aliphatic rings. The van der Waals surface area contributed by atoms with Gasteiger partial charge in [0.05, 0.1) is 11.3 Å². The van der Waals surface area contributed by atoms with Crippen LogP contribution in [0.25, 0.3) is 5.69 Å². The Morgan fingerprint density at radius 3 is 2.31 bits per heavy atom. The van der Waals surface area contributed by atoms with E-state index in [4.69, 9.17) is 0 Å². The third-order valence-corrected chi connectivity index (χ3v) is 6.24. The topological polar surface area (TPSA) is 41.4 Å².